The standard InChI is InChI=1S/C15H20N4O/c1-3-16-15-18-11(2)10-14(19-15)17-9-8-12-4-6-13(20)7-5-12/h4-7,10,20H,3,8-9H2,1-2H3,(H2,16,17,18,19). The van der Waals surface area contributed by atoms with E-state index in [-0.39, 0.29) is 0 Å². The van der Waals surface area contributed by atoms with Crippen LogP contribution >= 0.6 is 0 Å². The van der Waals surface area contributed by atoms with Gasteiger partial charge in [-0.3, -0.25) is 0 Å². The molecule has 0 bridgehead atoms. The first-order valence-corrected chi connectivity index (χ1v) is 6.78. The molecule has 20 heavy (non-hydrogen) atoms. The molecule has 0 saturated heterocycles. The van der Waals surface area contributed by atoms with Crippen LogP contribution in [0.15, 0.2) is 30.3 Å². The van der Waals surface area contributed by atoms with Crippen molar-refractivity contribution in [1.29, 1.82) is 0 Å². The summed E-state index contributed by atoms with van der Waals surface area (Å²) in [4.78, 5) is 8.70. The zero-order valence-electron chi connectivity index (χ0n) is 11.8. The molecular formula is C15H20N4O. The van der Waals surface area contributed by atoms with Crippen LogP contribution in [0.5, 0.6) is 5.75 Å². The number of anilines is 2. The fraction of sp³-hybridized carbons (Fsp3) is 0.333. The van der Waals surface area contributed by atoms with Gasteiger partial charge >= 0.3 is 0 Å². The predicted octanol–water partition coefficient (Wildman–Crippen LogP) is 2.58. The molecule has 5 heteroatoms. The Balaban J connectivity index is 1.91. The van der Waals surface area contributed by atoms with E-state index in [1.807, 2.05) is 32.0 Å². The van der Waals surface area contributed by atoms with Crippen LogP contribution in [0.1, 0.15) is 18.2 Å². The highest BCUT2D eigenvalue weighted by atomic mass is 16.3. The molecule has 3 N–H and O–H groups in total. The number of hydrogen-bond acceptors (Lipinski definition) is 5. The quantitative estimate of drug-likeness (QED) is 0.754. The SMILES string of the molecule is CCNc1nc(C)cc(NCCc2ccc(O)cc2)n1. The molecule has 0 amide bonds. The third-order valence-electron chi connectivity index (χ3n) is 2.85. The molecule has 0 radical (unpaired) electrons. The molecule has 1 aromatic heterocycles. The van der Waals surface area contributed by atoms with Gasteiger partial charge < -0.3 is 15.7 Å². The summed E-state index contributed by atoms with van der Waals surface area (Å²) in [5.74, 6) is 1.77. The Hall–Kier alpha value is -2.30. The minimum Gasteiger partial charge on any atom is -0.508 e. The van der Waals surface area contributed by atoms with Gasteiger partial charge in [0.25, 0.3) is 0 Å². The van der Waals surface area contributed by atoms with Crippen molar-refractivity contribution in [1.82, 2.24) is 9.97 Å². The summed E-state index contributed by atoms with van der Waals surface area (Å²) in [7, 11) is 0. The number of aryl methyl sites for hydroxylation is 1. The van der Waals surface area contributed by atoms with E-state index in [0.29, 0.717) is 11.7 Å². The number of hydrogen-bond donors (Lipinski definition) is 3. The lowest BCUT2D eigenvalue weighted by molar-refractivity contribution is 0.475. The van der Waals surface area contributed by atoms with Crippen LogP contribution in [0.25, 0.3) is 0 Å². The van der Waals surface area contributed by atoms with Gasteiger partial charge in [0.05, 0.1) is 0 Å². The Morgan fingerprint density at radius 3 is 2.55 bits per heavy atom. The third-order valence-corrected chi connectivity index (χ3v) is 2.85. The van der Waals surface area contributed by atoms with E-state index in [9.17, 15) is 5.11 Å². The predicted molar refractivity (Wildman–Crippen MR) is 81.2 cm³/mol. The van der Waals surface area contributed by atoms with Crippen molar-refractivity contribution in [3.8, 4) is 5.75 Å². The van der Waals surface area contributed by atoms with Gasteiger partial charge in [0, 0.05) is 24.8 Å². The van der Waals surface area contributed by atoms with Gasteiger partial charge in [-0.25, -0.2) is 4.98 Å². The lowest BCUT2D eigenvalue weighted by Gasteiger charge is -2.09. The molecule has 0 unspecified atom stereocenters. The summed E-state index contributed by atoms with van der Waals surface area (Å²) >= 11 is 0. The van der Waals surface area contributed by atoms with E-state index in [1.165, 1.54) is 5.56 Å². The molecule has 0 aliphatic rings. The summed E-state index contributed by atoms with van der Waals surface area (Å²) < 4.78 is 0. The number of rotatable bonds is 6. The number of aromatic hydroxyl groups is 1. The van der Waals surface area contributed by atoms with Gasteiger partial charge in [0.2, 0.25) is 5.95 Å². The highest BCUT2D eigenvalue weighted by Gasteiger charge is 2.01. The molecular weight excluding hydrogens is 252 g/mol. The van der Waals surface area contributed by atoms with E-state index in [4.69, 9.17) is 0 Å². The van der Waals surface area contributed by atoms with Crippen LogP contribution in [0.2, 0.25) is 0 Å². The van der Waals surface area contributed by atoms with E-state index in [0.717, 1.165) is 31.0 Å². The molecule has 5 nitrogen and oxygen atoms in total. The molecule has 2 aromatic rings. The smallest absolute Gasteiger partial charge is 0.224 e. The van der Waals surface area contributed by atoms with Crippen LogP contribution in [0.4, 0.5) is 11.8 Å². The van der Waals surface area contributed by atoms with Crippen molar-refractivity contribution in [2.24, 2.45) is 0 Å². The maximum Gasteiger partial charge on any atom is 0.224 e. The van der Waals surface area contributed by atoms with Gasteiger partial charge in [0.1, 0.15) is 11.6 Å². The van der Waals surface area contributed by atoms with Gasteiger partial charge in [-0.15, -0.1) is 0 Å². The maximum atomic E-state index is 9.23. The Bertz CT molecular complexity index is 554. The van der Waals surface area contributed by atoms with Gasteiger partial charge in [-0.2, -0.15) is 4.98 Å². The van der Waals surface area contributed by atoms with E-state index < -0.39 is 0 Å². The molecule has 1 aromatic carbocycles. The lowest BCUT2D eigenvalue weighted by Crippen LogP contribution is -2.09. The average molecular weight is 272 g/mol. The highest BCUT2D eigenvalue weighted by Crippen LogP contribution is 2.12. The normalized spacial score (nSPS) is 10.3. The molecule has 0 spiro atoms. The van der Waals surface area contributed by atoms with E-state index in [2.05, 4.69) is 20.6 Å². The van der Waals surface area contributed by atoms with Crippen LogP contribution in [-0.4, -0.2) is 28.2 Å². The minimum atomic E-state index is 0.295. The Labute approximate surface area is 119 Å². The monoisotopic (exact) mass is 272 g/mol. The van der Waals surface area contributed by atoms with Crippen molar-refractivity contribution in [3.63, 3.8) is 0 Å². The van der Waals surface area contributed by atoms with Crippen molar-refractivity contribution < 1.29 is 5.11 Å². The van der Waals surface area contributed by atoms with Crippen LogP contribution in [0.3, 0.4) is 0 Å². The number of nitrogens with zero attached hydrogens (tertiary/aromatic N) is 2. The Morgan fingerprint density at radius 1 is 1.10 bits per heavy atom. The summed E-state index contributed by atoms with van der Waals surface area (Å²) in [5, 5.41) is 15.6. The van der Waals surface area contributed by atoms with E-state index >= 15 is 0 Å². The second-order valence-corrected chi connectivity index (χ2v) is 4.59. The number of aromatic nitrogens is 2. The van der Waals surface area contributed by atoms with Crippen molar-refractivity contribution >= 4 is 11.8 Å². The van der Waals surface area contributed by atoms with Crippen molar-refractivity contribution in [2.45, 2.75) is 20.3 Å². The first-order valence-electron chi connectivity index (χ1n) is 6.78. The number of phenolic OH excluding ortho intramolecular Hbond substituents is 1. The van der Waals surface area contributed by atoms with Gasteiger partial charge in [0.15, 0.2) is 0 Å². The first kappa shape index (κ1) is 14.1. The zero-order chi connectivity index (χ0) is 14.4. The molecule has 0 aliphatic heterocycles. The zero-order valence-corrected chi connectivity index (χ0v) is 11.8. The molecule has 0 atom stereocenters. The summed E-state index contributed by atoms with van der Waals surface area (Å²) in [5.41, 5.74) is 2.11. The topological polar surface area (TPSA) is 70.1 Å². The molecule has 0 saturated carbocycles. The maximum absolute atomic E-state index is 9.23. The Morgan fingerprint density at radius 2 is 1.85 bits per heavy atom. The molecule has 2 rings (SSSR count). The average Bonchev–Trinajstić information content (AvgIpc) is 2.41. The van der Waals surface area contributed by atoms with Crippen LogP contribution in [-0.2, 0) is 6.42 Å². The second kappa shape index (κ2) is 6.75. The molecule has 0 aliphatic carbocycles. The number of benzene rings is 1. The largest absolute Gasteiger partial charge is 0.508 e. The Kier molecular flexibility index (Phi) is 4.76. The van der Waals surface area contributed by atoms with Gasteiger partial charge in [-0.05, 0) is 38.0 Å². The molecule has 0 fully saturated rings. The second-order valence-electron chi connectivity index (χ2n) is 4.59. The first-order chi connectivity index (χ1) is 9.67. The van der Waals surface area contributed by atoms with Gasteiger partial charge in [-0.1, -0.05) is 12.1 Å². The lowest BCUT2D eigenvalue weighted by atomic mass is 10.1. The minimum absolute atomic E-state index is 0.295. The van der Waals surface area contributed by atoms with Crippen LogP contribution < -0.4 is 10.6 Å². The van der Waals surface area contributed by atoms with Crippen molar-refractivity contribution in [2.75, 3.05) is 23.7 Å². The third kappa shape index (κ3) is 4.12. The fourth-order valence-electron chi connectivity index (χ4n) is 1.89. The fourth-order valence-corrected chi connectivity index (χ4v) is 1.89. The number of phenols is 1. The summed E-state index contributed by atoms with van der Waals surface area (Å²) in [6.45, 7) is 5.56. The van der Waals surface area contributed by atoms with Crippen molar-refractivity contribution in [3.05, 3.63) is 41.6 Å². The van der Waals surface area contributed by atoms with E-state index in [1.54, 1.807) is 12.1 Å². The molecule has 1 heterocycles. The summed E-state index contributed by atoms with van der Waals surface area (Å²) in [6, 6.07) is 9.18. The molecule has 106 valence electrons. The van der Waals surface area contributed by atoms with Crippen LogP contribution in [0, 0.1) is 6.92 Å². The number of nitrogens with one attached hydrogen (secondary N) is 2. The highest BCUT2D eigenvalue weighted by molar-refractivity contribution is 5.42. The summed E-state index contributed by atoms with van der Waals surface area (Å²) in [6.07, 6.45) is 0.875.